The quantitative estimate of drug-likeness (QED) is 0.310. The highest BCUT2D eigenvalue weighted by atomic mass is 29.1. The fraction of sp³-hybridized carbons (Fsp3) is 1.00. The van der Waals surface area contributed by atoms with E-state index in [4.69, 9.17) is 30.4 Å². The fourth-order valence-corrected chi connectivity index (χ4v) is 4.84. The molecule has 0 bridgehead atoms. The molecule has 8 heteroatoms. The first-order valence-electron chi connectivity index (χ1n) is 8.55. The smallest absolute Gasteiger partial charge is 0.240 e. The Bertz CT molecular complexity index is 274. The van der Waals surface area contributed by atoms with Crippen molar-refractivity contribution in [2.75, 3.05) is 33.0 Å². The second-order valence-corrected chi connectivity index (χ2v) is 9.81. The van der Waals surface area contributed by atoms with Crippen LogP contribution in [0.25, 0.3) is 0 Å². The van der Waals surface area contributed by atoms with E-state index < -0.39 is 11.6 Å². The molecule has 6 nitrogen and oxygen atoms in total. The molecule has 0 amide bonds. The van der Waals surface area contributed by atoms with Gasteiger partial charge in [-0.2, -0.15) is 0 Å². The van der Waals surface area contributed by atoms with Gasteiger partial charge in [-0.3, -0.25) is 0 Å². The van der Waals surface area contributed by atoms with Crippen molar-refractivity contribution in [1.82, 2.24) is 0 Å². The number of nitrogens with two attached hydrogens (primary N) is 2. The lowest BCUT2D eigenvalue weighted by Crippen LogP contribution is -2.71. The lowest BCUT2D eigenvalue weighted by Gasteiger charge is -2.50. The Hall–Kier alpha value is 0.194. The van der Waals surface area contributed by atoms with Crippen LogP contribution in [-0.2, 0) is 18.9 Å². The third-order valence-corrected chi connectivity index (χ3v) is 6.87. The number of ether oxygens (including phenoxy) is 4. The van der Waals surface area contributed by atoms with Crippen LogP contribution in [0.1, 0.15) is 34.1 Å². The van der Waals surface area contributed by atoms with E-state index in [2.05, 4.69) is 0 Å². The molecule has 0 aromatic carbocycles. The van der Waals surface area contributed by atoms with Gasteiger partial charge < -0.3 is 30.4 Å². The van der Waals surface area contributed by atoms with Gasteiger partial charge in [0, 0.05) is 35.5 Å². The molecular weight excluding hydrogens is 316 g/mol. The predicted octanol–water partition coefficient (Wildman–Crippen LogP) is -0.931. The molecule has 0 radical (unpaired) electrons. The van der Waals surface area contributed by atoms with Crippen LogP contribution in [0.15, 0.2) is 0 Å². The minimum Gasteiger partial charge on any atom is -0.345 e. The first-order chi connectivity index (χ1) is 10.5. The SMILES string of the molecule is CCOC(CN)(OCC)C(OCC)(OCC)C(N)CC[SiH2][SiH3]. The first-order valence-corrected chi connectivity index (χ1v) is 15.2. The molecule has 0 heterocycles. The highest BCUT2D eigenvalue weighted by molar-refractivity contribution is 6.89. The summed E-state index contributed by atoms with van der Waals surface area (Å²) in [7, 11) is 1.34. The summed E-state index contributed by atoms with van der Waals surface area (Å²) >= 11 is 0. The van der Waals surface area contributed by atoms with Gasteiger partial charge in [0.05, 0.1) is 12.6 Å². The van der Waals surface area contributed by atoms with E-state index in [0.717, 1.165) is 6.42 Å². The summed E-state index contributed by atoms with van der Waals surface area (Å²) in [6, 6.07) is 0.837. The summed E-state index contributed by atoms with van der Waals surface area (Å²) in [5.41, 5.74) is 12.5. The maximum absolute atomic E-state index is 6.51. The van der Waals surface area contributed by atoms with Crippen LogP contribution in [0, 0.1) is 0 Å². The second kappa shape index (κ2) is 11.7. The number of rotatable bonds is 14. The minimum absolute atomic E-state index is 0.0471. The summed E-state index contributed by atoms with van der Waals surface area (Å²) in [5.74, 6) is -2.36. The van der Waals surface area contributed by atoms with Crippen molar-refractivity contribution in [1.29, 1.82) is 0 Å². The van der Waals surface area contributed by atoms with Crippen LogP contribution in [0.5, 0.6) is 0 Å². The Labute approximate surface area is 140 Å². The molecular formula is C14H36N2O4Si2. The van der Waals surface area contributed by atoms with Crippen LogP contribution >= 0.6 is 0 Å². The molecule has 1 atom stereocenters. The van der Waals surface area contributed by atoms with E-state index in [1.54, 1.807) is 0 Å². The van der Waals surface area contributed by atoms with E-state index in [1.165, 1.54) is 15.8 Å². The topological polar surface area (TPSA) is 89.0 Å². The van der Waals surface area contributed by atoms with Crippen molar-refractivity contribution in [3.63, 3.8) is 0 Å². The van der Waals surface area contributed by atoms with Gasteiger partial charge in [-0.05, 0) is 43.9 Å². The molecule has 1 unspecified atom stereocenters. The molecule has 134 valence electrons. The summed E-state index contributed by atoms with van der Waals surface area (Å²) in [6.45, 7) is 9.57. The van der Waals surface area contributed by atoms with Crippen molar-refractivity contribution >= 4 is 18.8 Å². The van der Waals surface area contributed by atoms with Crippen LogP contribution in [0.2, 0.25) is 6.04 Å². The summed E-state index contributed by atoms with van der Waals surface area (Å²) in [4.78, 5) is 0. The zero-order valence-corrected chi connectivity index (χ0v) is 18.4. The monoisotopic (exact) mass is 352 g/mol. The lowest BCUT2D eigenvalue weighted by molar-refractivity contribution is -0.410. The van der Waals surface area contributed by atoms with Gasteiger partial charge in [0.2, 0.25) is 11.6 Å². The molecule has 0 rings (SSSR count). The third-order valence-electron chi connectivity index (χ3n) is 3.63. The van der Waals surface area contributed by atoms with Gasteiger partial charge in [0.1, 0.15) is 0 Å². The Morgan fingerprint density at radius 1 is 0.955 bits per heavy atom. The van der Waals surface area contributed by atoms with Gasteiger partial charge in [-0.15, -0.1) is 0 Å². The van der Waals surface area contributed by atoms with Crippen molar-refractivity contribution in [2.24, 2.45) is 11.5 Å². The second-order valence-electron chi connectivity index (χ2n) is 5.11. The van der Waals surface area contributed by atoms with Gasteiger partial charge in [-0.1, -0.05) is 6.04 Å². The molecule has 0 spiro atoms. The average molecular weight is 353 g/mol. The van der Waals surface area contributed by atoms with E-state index in [1.807, 2.05) is 27.7 Å². The maximum Gasteiger partial charge on any atom is 0.240 e. The Kier molecular flexibility index (Phi) is 11.8. The van der Waals surface area contributed by atoms with Gasteiger partial charge in [-0.25, -0.2) is 0 Å². The summed E-state index contributed by atoms with van der Waals surface area (Å²) in [6.07, 6.45) is 0.845. The molecule has 0 fully saturated rings. The molecule has 0 aliphatic carbocycles. The summed E-state index contributed by atoms with van der Waals surface area (Å²) in [5, 5.41) is 0. The zero-order valence-electron chi connectivity index (χ0n) is 15.0. The molecule has 0 aliphatic heterocycles. The molecule has 0 aromatic rings. The van der Waals surface area contributed by atoms with Crippen molar-refractivity contribution in [3.8, 4) is 0 Å². The Balaban J connectivity index is 5.79. The number of hydrogen-bond donors (Lipinski definition) is 2. The largest absolute Gasteiger partial charge is 0.345 e. The van der Waals surface area contributed by atoms with Gasteiger partial charge >= 0.3 is 0 Å². The maximum atomic E-state index is 6.51. The molecule has 0 aliphatic rings. The van der Waals surface area contributed by atoms with Crippen LogP contribution in [0.4, 0.5) is 0 Å². The van der Waals surface area contributed by atoms with Crippen LogP contribution in [-0.4, -0.2) is 69.4 Å². The van der Waals surface area contributed by atoms with Crippen molar-refractivity contribution in [2.45, 2.75) is 57.8 Å². The van der Waals surface area contributed by atoms with Crippen molar-refractivity contribution in [3.05, 3.63) is 0 Å². The van der Waals surface area contributed by atoms with Crippen molar-refractivity contribution < 1.29 is 18.9 Å². The van der Waals surface area contributed by atoms with E-state index in [9.17, 15) is 0 Å². The Morgan fingerprint density at radius 2 is 1.41 bits per heavy atom. The van der Waals surface area contributed by atoms with Gasteiger partial charge in [0.25, 0.3) is 0 Å². The van der Waals surface area contributed by atoms with E-state index in [0.29, 0.717) is 26.4 Å². The normalized spacial score (nSPS) is 15.0. The van der Waals surface area contributed by atoms with Crippen LogP contribution in [0.3, 0.4) is 0 Å². The van der Waals surface area contributed by atoms with E-state index >= 15 is 0 Å². The van der Waals surface area contributed by atoms with E-state index in [-0.39, 0.29) is 21.6 Å². The van der Waals surface area contributed by atoms with Crippen LogP contribution < -0.4 is 11.5 Å². The first kappa shape index (κ1) is 22.2. The average Bonchev–Trinajstić information content (AvgIpc) is 2.51. The lowest BCUT2D eigenvalue weighted by atomic mass is 9.94. The highest BCUT2D eigenvalue weighted by Gasteiger charge is 2.59. The van der Waals surface area contributed by atoms with Gasteiger partial charge in [0.15, 0.2) is 0 Å². The molecule has 0 saturated carbocycles. The predicted molar refractivity (Wildman–Crippen MR) is 96.9 cm³/mol. The molecule has 0 aromatic heterocycles. The third kappa shape index (κ3) is 5.10. The molecule has 22 heavy (non-hydrogen) atoms. The Morgan fingerprint density at radius 3 is 1.73 bits per heavy atom. The molecule has 4 N–H and O–H groups in total. The minimum atomic E-state index is -1.19. The number of hydrogen-bond acceptors (Lipinski definition) is 6. The fourth-order valence-electron chi connectivity index (χ4n) is 2.77. The zero-order chi connectivity index (χ0) is 17.1. The molecule has 0 saturated heterocycles. The summed E-state index contributed by atoms with van der Waals surface area (Å²) < 4.78 is 23.9. The highest BCUT2D eigenvalue weighted by Crippen LogP contribution is 2.36. The standard InChI is InChI=1S/C14H36N2O4Si2/c1-5-17-13(11-15,18-6-2)14(19-7-3,20-8-4)12(16)9-10-22-21/h12H,5-11,15-16,22H2,1-4,21H3.